The highest BCUT2D eigenvalue weighted by atomic mass is 19.4. The van der Waals surface area contributed by atoms with Crippen molar-refractivity contribution in [2.45, 2.75) is 37.6 Å². The summed E-state index contributed by atoms with van der Waals surface area (Å²) in [6, 6.07) is 10.4. The molecule has 1 fully saturated rings. The molecule has 27 heavy (non-hydrogen) atoms. The van der Waals surface area contributed by atoms with Crippen molar-refractivity contribution in [2.24, 2.45) is 0 Å². The van der Waals surface area contributed by atoms with Gasteiger partial charge in [0.1, 0.15) is 5.82 Å². The monoisotopic (exact) mass is 377 g/mol. The Bertz CT molecular complexity index is 938. The predicted octanol–water partition coefficient (Wildman–Crippen LogP) is 3.82. The SMILES string of the molecule is O[C@H]1CC[C@@H](Nc2cccc3nc(Nc4ccc(C(F)(F)F)cc4)nn23)C1. The lowest BCUT2D eigenvalue weighted by molar-refractivity contribution is -0.137. The van der Waals surface area contributed by atoms with Gasteiger partial charge in [-0.1, -0.05) is 6.07 Å². The van der Waals surface area contributed by atoms with Gasteiger partial charge in [0.05, 0.1) is 11.7 Å². The number of halogens is 3. The van der Waals surface area contributed by atoms with Gasteiger partial charge in [0.15, 0.2) is 5.65 Å². The second kappa shape index (κ2) is 6.73. The molecule has 0 spiro atoms. The maximum absolute atomic E-state index is 12.7. The minimum absolute atomic E-state index is 0.168. The number of alkyl halides is 3. The van der Waals surface area contributed by atoms with Gasteiger partial charge in [0.2, 0.25) is 5.95 Å². The van der Waals surface area contributed by atoms with E-state index in [4.69, 9.17) is 0 Å². The molecule has 6 nitrogen and oxygen atoms in total. The molecule has 1 saturated carbocycles. The first-order valence-electron chi connectivity index (χ1n) is 8.63. The van der Waals surface area contributed by atoms with Crippen molar-refractivity contribution in [3.05, 3.63) is 48.0 Å². The Hall–Kier alpha value is -2.81. The highest BCUT2D eigenvalue weighted by molar-refractivity contribution is 5.58. The van der Waals surface area contributed by atoms with E-state index in [1.54, 1.807) is 10.6 Å². The van der Waals surface area contributed by atoms with Crippen molar-refractivity contribution >= 4 is 23.1 Å². The van der Waals surface area contributed by atoms with Gasteiger partial charge in [0.25, 0.3) is 0 Å². The Morgan fingerprint density at radius 1 is 1.07 bits per heavy atom. The molecule has 2 heterocycles. The minimum Gasteiger partial charge on any atom is -0.393 e. The quantitative estimate of drug-likeness (QED) is 0.645. The molecule has 1 aliphatic rings. The third-order valence-corrected chi connectivity index (χ3v) is 4.59. The summed E-state index contributed by atoms with van der Waals surface area (Å²) in [7, 11) is 0. The second-order valence-electron chi connectivity index (χ2n) is 6.62. The van der Waals surface area contributed by atoms with Gasteiger partial charge in [-0.2, -0.15) is 22.7 Å². The van der Waals surface area contributed by atoms with Crippen LogP contribution in [0.15, 0.2) is 42.5 Å². The summed E-state index contributed by atoms with van der Waals surface area (Å²) in [5, 5.41) is 20.3. The Labute approximate surface area is 153 Å². The Morgan fingerprint density at radius 3 is 2.52 bits per heavy atom. The van der Waals surface area contributed by atoms with Crippen LogP contribution in [0.25, 0.3) is 5.65 Å². The average Bonchev–Trinajstić information content (AvgIpc) is 3.21. The van der Waals surface area contributed by atoms with Gasteiger partial charge in [-0.3, -0.25) is 0 Å². The number of hydrogen-bond acceptors (Lipinski definition) is 5. The number of rotatable bonds is 4. The maximum Gasteiger partial charge on any atom is 0.416 e. The molecule has 3 aromatic rings. The van der Waals surface area contributed by atoms with E-state index < -0.39 is 11.7 Å². The third-order valence-electron chi connectivity index (χ3n) is 4.59. The van der Waals surface area contributed by atoms with Crippen LogP contribution >= 0.6 is 0 Å². The van der Waals surface area contributed by atoms with E-state index in [2.05, 4.69) is 20.7 Å². The van der Waals surface area contributed by atoms with Crippen LogP contribution in [0.2, 0.25) is 0 Å². The molecule has 9 heteroatoms. The molecule has 0 unspecified atom stereocenters. The van der Waals surface area contributed by atoms with Crippen LogP contribution in [0, 0.1) is 0 Å². The Kier molecular flexibility index (Phi) is 4.39. The second-order valence-corrected chi connectivity index (χ2v) is 6.62. The summed E-state index contributed by atoms with van der Waals surface area (Å²) < 4.78 is 39.6. The van der Waals surface area contributed by atoms with Gasteiger partial charge in [-0.25, -0.2) is 0 Å². The summed E-state index contributed by atoms with van der Waals surface area (Å²) in [5.41, 5.74) is 0.363. The lowest BCUT2D eigenvalue weighted by Gasteiger charge is -2.14. The van der Waals surface area contributed by atoms with Crippen LogP contribution in [0.4, 0.5) is 30.6 Å². The first-order chi connectivity index (χ1) is 12.9. The average molecular weight is 377 g/mol. The Balaban J connectivity index is 1.54. The highest BCUT2D eigenvalue weighted by Gasteiger charge is 2.30. The van der Waals surface area contributed by atoms with Crippen molar-refractivity contribution in [2.75, 3.05) is 10.6 Å². The molecule has 2 atom stereocenters. The van der Waals surface area contributed by atoms with Crippen LogP contribution in [0.3, 0.4) is 0 Å². The van der Waals surface area contributed by atoms with Gasteiger partial charge in [0, 0.05) is 11.7 Å². The molecule has 0 radical (unpaired) electrons. The van der Waals surface area contributed by atoms with Gasteiger partial charge < -0.3 is 15.7 Å². The molecular weight excluding hydrogens is 359 g/mol. The predicted molar refractivity (Wildman–Crippen MR) is 95.0 cm³/mol. The fraction of sp³-hybridized carbons (Fsp3) is 0.333. The molecule has 3 N–H and O–H groups in total. The standard InChI is InChI=1S/C18H18F3N5O/c19-18(20,21)11-4-6-12(7-5-11)23-17-24-16-3-1-2-15(26(16)25-17)22-13-8-9-14(27)10-13/h1-7,13-14,22,27H,8-10H2,(H,23,25)/t13-,14+/m1/s1. The lowest BCUT2D eigenvalue weighted by Crippen LogP contribution is -2.18. The van der Waals surface area contributed by atoms with E-state index in [0.717, 1.165) is 30.8 Å². The van der Waals surface area contributed by atoms with Crippen LogP contribution < -0.4 is 10.6 Å². The molecule has 2 aromatic heterocycles. The van der Waals surface area contributed by atoms with Crippen molar-refractivity contribution in [1.29, 1.82) is 0 Å². The molecule has 142 valence electrons. The topological polar surface area (TPSA) is 74.5 Å². The van der Waals surface area contributed by atoms with E-state index in [-0.39, 0.29) is 18.1 Å². The fourth-order valence-corrected chi connectivity index (χ4v) is 3.24. The van der Waals surface area contributed by atoms with Crippen LogP contribution in [-0.2, 0) is 6.18 Å². The number of hydrogen-bond donors (Lipinski definition) is 3. The first kappa shape index (κ1) is 17.6. The number of benzene rings is 1. The Morgan fingerprint density at radius 2 is 1.85 bits per heavy atom. The molecule has 1 aromatic carbocycles. The van der Waals surface area contributed by atoms with E-state index in [9.17, 15) is 18.3 Å². The minimum atomic E-state index is -4.37. The normalized spacial score (nSPS) is 20.1. The maximum atomic E-state index is 12.7. The van der Waals surface area contributed by atoms with Gasteiger partial charge >= 0.3 is 6.18 Å². The van der Waals surface area contributed by atoms with Crippen molar-refractivity contribution in [1.82, 2.24) is 14.6 Å². The number of aliphatic hydroxyl groups excluding tert-OH is 1. The number of nitrogens with one attached hydrogen (secondary N) is 2. The van der Waals surface area contributed by atoms with E-state index in [1.807, 2.05) is 12.1 Å². The van der Waals surface area contributed by atoms with E-state index in [0.29, 0.717) is 17.8 Å². The highest BCUT2D eigenvalue weighted by Crippen LogP contribution is 2.30. The summed E-state index contributed by atoms with van der Waals surface area (Å²) in [6.07, 6.45) is -2.32. The number of fused-ring (bicyclic) bond motifs is 1. The van der Waals surface area contributed by atoms with Crippen LogP contribution in [0.1, 0.15) is 24.8 Å². The molecule has 0 saturated heterocycles. The fourth-order valence-electron chi connectivity index (χ4n) is 3.24. The number of aromatic nitrogens is 3. The smallest absolute Gasteiger partial charge is 0.393 e. The first-order valence-corrected chi connectivity index (χ1v) is 8.63. The lowest BCUT2D eigenvalue weighted by atomic mass is 10.2. The van der Waals surface area contributed by atoms with Crippen molar-refractivity contribution in [3.63, 3.8) is 0 Å². The van der Waals surface area contributed by atoms with Crippen LogP contribution in [-0.4, -0.2) is 31.9 Å². The largest absolute Gasteiger partial charge is 0.416 e. The molecular formula is C18H18F3N5O. The number of pyridine rings is 1. The van der Waals surface area contributed by atoms with E-state index >= 15 is 0 Å². The molecule has 1 aliphatic carbocycles. The third kappa shape index (κ3) is 3.82. The van der Waals surface area contributed by atoms with Crippen LogP contribution in [0.5, 0.6) is 0 Å². The zero-order valence-electron chi connectivity index (χ0n) is 14.2. The molecule has 0 amide bonds. The van der Waals surface area contributed by atoms with Crippen molar-refractivity contribution in [3.8, 4) is 0 Å². The molecule has 4 rings (SSSR count). The summed E-state index contributed by atoms with van der Waals surface area (Å²) in [5.74, 6) is 1.04. The molecule has 0 aliphatic heterocycles. The zero-order chi connectivity index (χ0) is 19.0. The number of anilines is 3. The van der Waals surface area contributed by atoms with Crippen molar-refractivity contribution < 1.29 is 18.3 Å². The summed E-state index contributed by atoms with van der Waals surface area (Å²) in [4.78, 5) is 4.36. The van der Waals surface area contributed by atoms with Gasteiger partial charge in [-0.05, 0) is 55.7 Å². The number of nitrogens with zero attached hydrogens (tertiary/aromatic N) is 3. The van der Waals surface area contributed by atoms with Gasteiger partial charge in [-0.15, -0.1) is 5.10 Å². The number of aliphatic hydroxyl groups is 1. The summed E-state index contributed by atoms with van der Waals surface area (Å²) in [6.45, 7) is 0. The zero-order valence-corrected chi connectivity index (χ0v) is 14.2. The molecule has 0 bridgehead atoms. The summed E-state index contributed by atoms with van der Waals surface area (Å²) >= 11 is 0. The van der Waals surface area contributed by atoms with E-state index in [1.165, 1.54) is 12.1 Å².